The van der Waals surface area contributed by atoms with Crippen LogP contribution in [0.5, 0.6) is 5.75 Å². The number of para-hydroxylation sites is 2. The Balaban J connectivity index is 1.62. The molecule has 0 radical (unpaired) electrons. The highest BCUT2D eigenvalue weighted by Crippen LogP contribution is 2.32. The normalized spacial score (nSPS) is 14.0. The van der Waals surface area contributed by atoms with E-state index in [9.17, 15) is 9.59 Å². The van der Waals surface area contributed by atoms with Crippen LogP contribution in [0, 0.1) is 0 Å². The molecule has 0 aliphatic carbocycles. The fraction of sp³-hybridized carbons (Fsp3) is 0.333. The summed E-state index contributed by atoms with van der Waals surface area (Å²) < 4.78 is 12.3. The molecule has 1 aromatic heterocycles. The molecule has 1 aliphatic heterocycles. The largest absolute Gasteiger partial charge is 0.495 e. The summed E-state index contributed by atoms with van der Waals surface area (Å²) in [7, 11) is 3.49. The minimum atomic E-state index is -0.620. The first-order valence-corrected chi connectivity index (χ1v) is 10.7. The Bertz CT molecular complexity index is 1210. The molecule has 0 spiro atoms. The first-order chi connectivity index (χ1) is 15.4. The first-order valence-electron chi connectivity index (χ1n) is 10.7. The summed E-state index contributed by atoms with van der Waals surface area (Å²) in [5.74, 6) is 0.240. The molecule has 1 aliphatic rings. The standard InChI is InChI=1S/C24H28N4O4/c1-4-32-24(30)17-15-26(2)20-14-21(18(25)13-16(20)23(17)29)28-11-9-27(10-12-28)19-7-5-6-8-22(19)31-3/h5-8,13-15H,4,9-12,25H2,1-3H3. The Kier molecular flexibility index (Phi) is 5.94. The van der Waals surface area contributed by atoms with Gasteiger partial charge in [0, 0.05) is 44.8 Å². The maximum atomic E-state index is 12.9. The van der Waals surface area contributed by atoms with Crippen LogP contribution >= 0.6 is 0 Å². The van der Waals surface area contributed by atoms with Crippen molar-refractivity contribution < 1.29 is 14.3 Å². The molecule has 2 N–H and O–H groups in total. The number of nitrogens with zero attached hydrogens (tertiary/aromatic N) is 3. The molecular formula is C24H28N4O4. The Morgan fingerprint density at radius 1 is 1.06 bits per heavy atom. The number of carbonyl (C=O) groups is 1. The van der Waals surface area contributed by atoms with Gasteiger partial charge in [-0.05, 0) is 31.2 Å². The molecule has 2 heterocycles. The predicted molar refractivity (Wildman–Crippen MR) is 127 cm³/mol. The summed E-state index contributed by atoms with van der Waals surface area (Å²) in [6.07, 6.45) is 1.53. The number of nitrogens with two attached hydrogens (primary N) is 1. The molecule has 0 saturated carbocycles. The Morgan fingerprint density at radius 2 is 1.72 bits per heavy atom. The summed E-state index contributed by atoms with van der Waals surface area (Å²) in [5.41, 5.74) is 9.22. The van der Waals surface area contributed by atoms with Crippen molar-refractivity contribution in [3.63, 3.8) is 0 Å². The fourth-order valence-electron chi connectivity index (χ4n) is 4.24. The van der Waals surface area contributed by atoms with E-state index in [1.54, 1.807) is 24.7 Å². The van der Waals surface area contributed by atoms with Gasteiger partial charge in [-0.2, -0.15) is 0 Å². The zero-order valence-electron chi connectivity index (χ0n) is 18.6. The summed E-state index contributed by atoms with van der Waals surface area (Å²) in [6, 6.07) is 11.6. The van der Waals surface area contributed by atoms with E-state index in [1.165, 1.54) is 6.20 Å². The minimum absolute atomic E-state index is 0.0134. The Hall–Kier alpha value is -3.68. The molecule has 0 atom stereocenters. The molecular weight excluding hydrogens is 408 g/mol. The lowest BCUT2D eigenvalue weighted by Crippen LogP contribution is -2.46. The van der Waals surface area contributed by atoms with Crippen LogP contribution in [0.15, 0.2) is 47.4 Å². The van der Waals surface area contributed by atoms with Gasteiger partial charge in [0.1, 0.15) is 11.3 Å². The SMILES string of the molecule is CCOC(=O)c1cn(C)c2cc(N3CCN(c4ccccc4OC)CC3)c(N)cc2c1=O. The number of hydrogen-bond donors (Lipinski definition) is 1. The average Bonchev–Trinajstić information content (AvgIpc) is 2.81. The van der Waals surface area contributed by atoms with Crippen molar-refractivity contribution in [1.82, 2.24) is 4.57 Å². The molecule has 3 aromatic rings. The van der Waals surface area contributed by atoms with Crippen molar-refractivity contribution in [2.24, 2.45) is 7.05 Å². The third-order valence-corrected chi connectivity index (χ3v) is 5.88. The number of pyridine rings is 1. The van der Waals surface area contributed by atoms with Crippen LogP contribution in [-0.4, -0.2) is 50.4 Å². The van der Waals surface area contributed by atoms with Crippen LogP contribution in [0.1, 0.15) is 17.3 Å². The highest BCUT2D eigenvalue weighted by Gasteiger charge is 2.23. The molecule has 8 heteroatoms. The zero-order valence-corrected chi connectivity index (χ0v) is 18.6. The predicted octanol–water partition coefficient (Wildman–Crippen LogP) is 2.63. The number of esters is 1. The number of aromatic nitrogens is 1. The monoisotopic (exact) mass is 436 g/mol. The molecule has 0 amide bonds. The third-order valence-electron chi connectivity index (χ3n) is 5.88. The summed E-state index contributed by atoms with van der Waals surface area (Å²) in [6.45, 7) is 5.12. The number of piperazine rings is 1. The van der Waals surface area contributed by atoms with Gasteiger partial charge in [-0.25, -0.2) is 4.79 Å². The molecule has 0 unspecified atom stereocenters. The number of hydrogen-bond acceptors (Lipinski definition) is 7. The maximum absolute atomic E-state index is 12.9. The van der Waals surface area contributed by atoms with E-state index in [-0.39, 0.29) is 17.6 Å². The summed E-state index contributed by atoms with van der Waals surface area (Å²) >= 11 is 0. The minimum Gasteiger partial charge on any atom is -0.495 e. The molecule has 1 saturated heterocycles. The van der Waals surface area contributed by atoms with Crippen LogP contribution in [0.3, 0.4) is 0 Å². The highest BCUT2D eigenvalue weighted by molar-refractivity contribution is 5.96. The molecule has 1 fully saturated rings. The van der Waals surface area contributed by atoms with Crippen molar-refractivity contribution in [3.05, 3.63) is 58.4 Å². The van der Waals surface area contributed by atoms with Crippen LogP contribution in [0.2, 0.25) is 0 Å². The fourth-order valence-corrected chi connectivity index (χ4v) is 4.24. The first kappa shape index (κ1) is 21.5. The van der Waals surface area contributed by atoms with Gasteiger partial charge in [-0.3, -0.25) is 4.79 Å². The van der Waals surface area contributed by atoms with Crippen molar-refractivity contribution in [2.45, 2.75) is 6.92 Å². The molecule has 4 rings (SSSR count). The number of benzene rings is 2. The van der Waals surface area contributed by atoms with Gasteiger partial charge in [0.05, 0.1) is 36.3 Å². The molecule has 2 aromatic carbocycles. The van der Waals surface area contributed by atoms with E-state index < -0.39 is 5.97 Å². The van der Waals surface area contributed by atoms with E-state index >= 15 is 0 Å². The quantitative estimate of drug-likeness (QED) is 0.486. The lowest BCUT2D eigenvalue weighted by Gasteiger charge is -2.38. The zero-order chi connectivity index (χ0) is 22.8. The second-order valence-corrected chi connectivity index (χ2v) is 7.78. The lowest BCUT2D eigenvalue weighted by molar-refractivity contribution is 0.0524. The van der Waals surface area contributed by atoms with Crippen LogP contribution in [0.4, 0.5) is 17.1 Å². The van der Waals surface area contributed by atoms with E-state index in [2.05, 4.69) is 15.9 Å². The number of methoxy groups -OCH3 is 1. The van der Waals surface area contributed by atoms with E-state index in [1.807, 2.05) is 31.3 Å². The summed E-state index contributed by atoms with van der Waals surface area (Å²) in [4.78, 5) is 29.6. The second kappa shape index (κ2) is 8.82. The third kappa shape index (κ3) is 3.84. The van der Waals surface area contributed by atoms with Gasteiger partial charge in [-0.1, -0.05) is 12.1 Å². The van der Waals surface area contributed by atoms with Crippen LogP contribution in [0.25, 0.3) is 10.9 Å². The molecule has 0 bridgehead atoms. The number of rotatable bonds is 5. The van der Waals surface area contributed by atoms with E-state index in [0.717, 1.165) is 48.8 Å². The Labute approximate surface area is 186 Å². The Morgan fingerprint density at radius 3 is 2.38 bits per heavy atom. The molecule has 168 valence electrons. The molecule has 8 nitrogen and oxygen atoms in total. The van der Waals surface area contributed by atoms with Gasteiger partial charge < -0.3 is 29.6 Å². The number of aryl methyl sites for hydroxylation is 1. The van der Waals surface area contributed by atoms with Gasteiger partial charge in [0.2, 0.25) is 5.43 Å². The second-order valence-electron chi connectivity index (χ2n) is 7.78. The number of nitrogen functional groups attached to an aromatic ring is 1. The van der Waals surface area contributed by atoms with Gasteiger partial charge in [-0.15, -0.1) is 0 Å². The smallest absolute Gasteiger partial charge is 0.343 e. The molecule has 32 heavy (non-hydrogen) atoms. The number of carbonyl (C=O) groups excluding carboxylic acids is 1. The number of fused-ring (bicyclic) bond motifs is 1. The van der Waals surface area contributed by atoms with Crippen molar-refractivity contribution in [2.75, 3.05) is 55.4 Å². The highest BCUT2D eigenvalue weighted by atomic mass is 16.5. The van der Waals surface area contributed by atoms with Crippen LogP contribution in [-0.2, 0) is 11.8 Å². The van der Waals surface area contributed by atoms with Crippen molar-refractivity contribution >= 4 is 33.9 Å². The van der Waals surface area contributed by atoms with Crippen molar-refractivity contribution in [1.29, 1.82) is 0 Å². The number of ether oxygens (including phenoxy) is 2. The van der Waals surface area contributed by atoms with Gasteiger partial charge in [0.15, 0.2) is 0 Å². The van der Waals surface area contributed by atoms with Gasteiger partial charge >= 0.3 is 5.97 Å². The average molecular weight is 437 g/mol. The van der Waals surface area contributed by atoms with Crippen molar-refractivity contribution in [3.8, 4) is 5.75 Å². The van der Waals surface area contributed by atoms with E-state index in [4.69, 9.17) is 15.2 Å². The van der Waals surface area contributed by atoms with E-state index in [0.29, 0.717) is 11.1 Å². The number of anilines is 3. The maximum Gasteiger partial charge on any atom is 0.343 e. The lowest BCUT2D eigenvalue weighted by atomic mass is 10.1. The topological polar surface area (TPSA) is 90.0 Å². The summed E-state index contributed by atoms with van der Waals surface area (Å²) in [5, 5.41) is 0.409. The van der Waals surface area contributed by atoms with Gasteiger partial charge in [0.25, 0.3) is 0 Å². The van der Waals surface area contributed by atoms with Crippen LogP contribution < -0.4 is 25.7 Å².